The van der Waals surface area contributed by atoms with Crippen LogP contribution in [-0.2, 0) is 10.8 Å². The molecule has 2 saturated carbocycles. The van der Waals surface area contributed by atoms with E-state index in [0.717, 1.165) is 0 Å². The average Bonchev–Trinajstić information content (AvgIpc) is 3.18. The molecule has 0 aromatic heterocycles. The third kappa shape index (κ3) is 2.60. The molecule has 0 unspecified atom stereocenters. The molecule has 31 heavy (non-hydrogen) atoms. The smallest absolute Gasteiger partial charge is 0.209 e. The Bertz CT molecular complexity index is 1080. The van der Waals surface area contributed by atoms with Gasteiger partial charge in [-0.2, -0.15) is 4.58 Å². The number of anilines is 1. The maximum Gasteiger partial charge on any atom is 0.209 e. The zero-order valence-electron chi connectivity index (χ0n) is 19.2. The highest BCUT2D eigenvalue weighted by molar-refractivity contribution is 6.05. The Hall–Kier alpha value is -2.35. The molecule has 0 bridgehead atoms. The second-order valence-electron chi connectivity index (χ2n) is 10.4. The van der Waals surface area contributed by atoms with Crippen LogP contribution in [-0.4, -0.2) is 24.4 Å². The van der Waals surface area contributed by atoms with Gasteiger partial charge in [-0.25, -0.2) is 0 Å². The van der Waals surface area contributed by atoms with Crippen molar-refractivity contribution in [3.05, 3.63) is 71.4 Å². The van der Waals surface area contributed by atoms with Crippen molar-refractivity contribution in [3.8, 4) is 0 Å². The van der Waals surface area contributed by atoms with Crippen LogP contribution in [0.1, 0.15) is 75.3 Å². The van der Waals surface area contributed by atoms with E-state index in [1.165, 1.54) is 75.6 Å². The number of hydrogen-bond donors (Lipinski definition) is 0. The molecular formula is C29H35N2+. The maximum atomic E-state index is 2.65. The summed E-state index contributed by atoms with van der Waals surface area (Å²) in [5.74, 6) is 0. The molecule has 0 saturated heterocycles. The topological polar surface area (TPSA) is 6.25 Å². The van der Waals surface area contributed by atoms with Crippen molar-refractivity contribution in [2.24, 2.45) is 0 Å². The van der Waals surface area contributed by atoms with Crippen molar-refractivity contribution in [2.75, 3.05) is 19.0 Å². The molecule has 4 aliphatic rings. The summed E-state index contributed by atoms with van der Waals surface area (Å²) in [4.78, 5) is 2.53. The molecule has 2 aromatic carbocycles. The molecule has 2 heteroatoms. The number of allylic oxidation sites excluding steroid dienone is 2. The van der Waals surface area contributed by atoms with Crippen molar-refractivity contribution in [3.63, 3.8) is 0 Å². The third-order valence-electron chi connectivity index (χ3n) is 8.95. The van der Waals surface area contributed by atoms with Gasteiger partial charge < -0.3 is 4.90 Å². The van der Waals surface area contributed by atoms with Gasteiger partial charge in [-0.05, 0) is 37.3 Å². The van der Waals surface area contributed by atoms with Gasteiger partial charge in [0, 0.05) is 41.6 Å². The SMILES string of the molecule is CN1C(=CC2=[N+](C)c3ccccc3C23CCCCC3)C2(CCCCC2)c2ccccc21. The number of benzene rings is 2. The average molecular weight is 412 g/mol. The van der Waals surface area contributed by atoms with Crippen LogP contribution < -0.4 is 4.90 Å². The van der Waals surface area contributed by atoms with Gasteiger partial charge in [-0.1, -0.05) is 74.9 Å². The molecule has 2 nitrogen and oxygen atoms in total. The van der Waals surface area contributed by atoms with Gasteiger partial charge in [-0.15, -0.1) is 0 Å². The van der Waals surface area contributed by atoms with Crippen molar-refractivity contribution in [2.45, 2.75) is 75.0 Å². The quantitative estimate of drug-likeness (QED) is 0.465. The fourth-order valence-electron chi connectivity index (χ4n) is 7.48. The van der Waals surface area contributed by atoms with E-state index in [2.05, 4.69) is 78.2 Å². The van der Waals surface area contributed by atoms with Gasteiger partial charge in [0.1, 0.15) is 7.05 Å². The van der Waals surface area contributed by atoms with Gasteiger partial charge in [0.15, 0.2) is 5.71 Å². The number of likely N-dealkylation sites (N-methyl/N-ethyl adjacent to an activating group) is 1. The summed E-state index contributed by atoms with van der Waals surface area (Å²) in [6, 6.07) is 18.4. The molecule has 2 spiro atoms. The van der Waals surface area contributed by atoms with E-state index < -0.39 is 0 Å². The minimum Gasteiger partial charge on any atom is -0.347 e. The van der Waals surface area contributed by atoms with Crippen LogP contribution in [0.15, 0.2) is 60.3 Å². The molecule has 2 fully saturated rings. The predicted molar refractivity (Wildman–Crippen MR) is 130 cm³/mol. The van der Waals surface area contributed by atoms with E-state index in [-0.39, 0.29) is 10.8 Å². The van der Waals surface area contributed by atoms with Crippen LogP contribution in [0, 0.1) is 0 Å². The van der Waals surface area contributed by atoms with Gasteiger partial charge in [0.25, 0.3) is 0 Å². The number of nitrogens with zero attached hydrogens (tertiary/aromatic N) is 2. The first kappa shape index (κ1) is 19.3. The van der Waals surface area contributed by atoms with Crippen molar-refractivity contribution in [1.29, 1.82) is 0 Å². The second-order valence-corrected chi connectivity index (χ2v) is 10.4. The first-order valence-electron chi connectivity index (χ1n) is 12.4. The highest BCUT2D eigenvalue weighted by atomic mass is 15.2. The normalized spacial score (nSPS) is 24.8. The number of para-hydroxylation sites is 2. The lowest BCUT2D eigenvalue weighted by Crippen LogP contribution is -2.39. The van der Waals surface area contributed by atoms with Crippen molar-refractivity contribution >= 4 is 17.1 Å². The number of rotatable bonds is 1. The molecular weight excluding hydrogens is 376 g/mol. The predicted octanol–water partition coefficient (Wildman–Crippen LogP) is 6.85. The van der Waals surface area contributed by atoms with Gasteiger partial charge >= 0.3 is 0 Å². The Kier molecular flexibility index (Phi) is 4.42. The summed E-state index contributed by atoms with van der Waals surface area (Å²) in [6.45, 7) is 0. The molecule has 0 amide bonds. The summed E-state index contributed by atoms with van der Waals surface area (Å²) in [5, 5.41) is 0. The first-order chi connectivity index (χ1) is 15.2. The summed E-state index contributed by atoms with van der Waals surface area (Å²) in [7, 11) is 4.62. The van der Waals surface area contributed by atoms with Crippen LogP contribution in [0.5, 0.6) is 0 Å². The van der Waals surface area contributed by atoms with Crippen LogP contribution >= 0.6 is 0 Å². The number of fused-ring (bicyclic) bond motifs is 4. The summed E-state index contributed by atoms with van der Waals surface area (Å²) >= 11 is 0. The van der Waals surface area contributed by atoms with Crippen LogP contribution in [0.25, 0.3) is 0 Å². The minimum atomic E-state index is 0.196. The Morgan fingerprint density at radius 2 is 1.32 bits per heavy atom. The molecule has 0 N–H and O–H groups in total. The third-order valence-corrected chi connectivity index (χ3v) is 8.95. The van der Waals surface area contributed by atoms with Crippen LogP contribution in [0.2, 0.25) is 0 Å². The molecule has 0 atom stereocenters. The molecule has 0 radical (unpaired) electrons. The number of hydrogen-bond acceptors (Lipinski definition) is 1. The lowest BCUT2D eigenvalue weighted by atomic mass is 9.65. The largest absolute Gasteiger partial charge is 0.347 e. The van der Waals surface area contributed by atoms with E-state index in [9.17, 15) is 0 Å². The zero-order chi connectivity index (χ0) is 21.1. The fraction of sp³-hybridized carbons (Fsp3) is 0.483. The highest BCUT2D eigenvalue weighted by Gasteiger charge is 2.53. The van der Waals surface area contributed by atoms with Gasteiger partial charge in [0.2, 0.25) is 5.69 Å². The lowest BCUT2D eigenvalue weighted by molar-refractivity contribution is -0.401. The Morgan fingerprint density at radius 1 is 0.742 bits per heavy atom. The molecule has 2 aliphatic carbocycles. The Morgan fingerprint density at radius 3 is 2.03 bits per heavy atom. The monoisotopic (exact) mass is 411 g/mol. The maximum absolute atomic E-state index is 2.65. The van der Waals surface area contributed by atoms with Crippen LogP contribution in [0.3, 0.4) is 0 Å². The Labute approximate surface area is 187 Å². The zero-order valence-corrected chi connectivity index (χ0v) is 19.2. The summed E-state index contributed by atoms with van der Waals surface area (Å²) in [6.07, 6.45) is 15.9. The summed E-state index contributed by atoms with van der Waals surface area (Å²) in [5.41, 5.74) is 9.48. The van der Waals surface area contributed by atoms with Crippen molar-refractivity contribution in [1.82, 2.24) is 0 Å². The Balaban J connectivity index is 1.56. The second kappa shape index (κ2) is 7.08. The summed E-state index contributed by atoms with van der Waals surface area (Å²) < 4.78 is 2.53. The lowest BCUT2D eigenvalue weighted by Gasteiger charge is -2.37. The van der Waals surface area contributed by atoms with E-state index in [0.29, 0.717) is 0 Å². The van der Waals surface area contributed by atoms with E-state index in [4.69, 9.17) is 0 Å². The van der Waals surface area contributed by atoms with Gasteiger partial charge in [0.05, 0.1) is 5.41 Å². The van der Waals surface area contributed by atoms with Crippen molar-refractivity contribution < 1.29 is 4.58 Å². The first-order valence-corrected chi connectivity index (χ1v) is 12.4. The van der Waals surface area contributed by atoms with Crippen LogP contribution in [0.4, 0.5) is 11.4 Å². The molecule has 2 aliphatic heterocycles. The van der Waals surface area contributed by atoms with E-state index in [1.807, 2.05) is 0 Å². The standard InChI is InChI=1S/C29H35N2/c1-30-24-15-7-5-13-22(24)28(17-9-3-10-18-28)26(30)21-27-29(19-11-4-12-20-29)23-14-6-8-16-25(23)31(27)2/h5-8,13-16,21H,3-4,9-12,17-20H2,1-2H3/q+1. The van der Waals surface area contributed by atoms with E-state index in [1.54, 1.807) is 22.5 Å². The highest BCUT2D eigenvalue weighted by Crippen LogP contribution is 2.56. The van der Waals surface area contributed by atoms with Gasteiger partial charge in [-0.3, -0.25) is 0 Å². The van der Waals surface area contributed by atoms with E-state index >= 15 is 0 Å². The molecule has 6 rings (SSSR count). The fourth-order valence-corrected chi connectivity index (χ4v) is 7.48. The minimum absolute atomic E-state index is 0.196. The molecule has 2 aromatic rings. The molecule has 160 valence electrons. The molecule has 2 heterocycles.